The van der Waals surface area contributed by atoms with E-state index in [-0.39, 0.29) is 6.03 Å². The predicted molar refractivity (Wildman–Crippen MR) is 80.8 cm³/mol. The number of hydrogen-bond acceptors (Lipinski definition) is 1. The van der Waals surface area contributed by atoms with Crippen molar-refractivity contribution in [3.05, 3.63) is 27.1 Å². The summed E-state index contributed by atoms with van der Waals surface area (Å²) < 4.78 is 1.84. The SMILES string of the molecule is CC1CCCN(C(=O)Nc2cc(Br)ccc2Br)C1. The van der Waals surface area contributed by atoms with Crippen LogP contribution < -0.4 is 5.32 Å². The van der Waals surface area contributed by atoms with Crippen LogP contribution >= 0.6 is 31.9 Å². The zero-order valence-corrected chi connectivity index (χ0v) is 13.4. The van der Waals surface area contributed by atoms with Crippen LogP contribution in [0.4, 0.5) is 10.5 Å². The number of nitrogens with zero attached hydrogens (tertiary/aromatic N) is 1. The van der Waals surface area contributed by atoms with Crippen LogP contribution in [-0.2, 0) is 0 Å². The Bertz CT molecular complexity index is 451. The number of amides is 2. The molecule has 1 heterocycles. The van der Waals surface area contributed by atoms with Crippen LogP contribution in [0.3, 0.4) is 0 Å². The number of likely N-dealkylation sites (tertiary alicyclic amines) is 1. The number of piperidine rings is 1. The van der Waals surface area contributed by atoms with Crippen LogP contribution in [0.5, 0.6) is 0 Å². The second-order valence-electron chi connectivity index (χ2n) is 4.75. The van der Waals surface area contributed by atoms with Gasteiger partial charge in [0.25, 0.3) is 0 Å². The van der Waals surface area contributed by atoms with Crippen molar-refractivity contribution in [2.45, 2.75) is 19.8 Å². The van der Waals surface area contributed by atoms with E-state index in [0.29, 0.717) is 5.92 Å². The molecule has 0 saturated carbocycles. The van der Waals surface area contributed by atoms with Crippen molar-refractivity contribution in [2.24, 2.45) is 5.92 Å². The van der Waals surface area contributed by atoms with Gasteiger partial charge in [-0.2, -0.15) is 0 Å². The largest absolute Gasteiger partial charge is 0.324 e. The number of carbonyl (C=O) groups is 1. The molecule has 98 valence electrons. The van der Waals surface area contributed by atoms with Crippen molar-refractivity contribution < 1.29 is 4.79 Å². The zero-order chi connectivity index (χ0) is 13.1. The monoisotopic (exact) mass is 374 g/mol. The molecule has 0 bridgehead atoms. The molecule has 0 spiro atoms. The van der Waals surface area contributed by atoms with Crippen molar-refractivity contribution in [3.8, 4) is 0 Å². The van der Waals surface area contributed by atoms with E-state index in [2.05, 4.69) is 44.1 Å². The molecular weight excluding hydrogens is 360 g/mol. The number of rotatable bonds is 1. The predicted octanol–water partition coefficient (Wildman–Crippen LogP) is 4.48. The van der Waals surface area contributed by atoms with Gasteiger partial charge >= 0.3 is 6.03 Å². The second kappa shape index (κ2) is 6.06. The maximum Gasteiger partial charge on any atom is 0.321 e. The minimum Gasteiger partial charge on any atom is -0.324 e. The summed E-state index contributed by atoms with van der Waals surface area (Å²) >= 11 is 6.85. The molecule has 3 nitrogen and oxygen atoms in total. The number of halogens is 2. The van der Waals surface area contributed by atoms with Gasteiger partial charge in [-0.15, -0.1) is 0 Å². The first-order valence-electron chi connectivity index (χ1n) is 6.07. The van der Waals surface area contributed by atoms with Crippen molar-refractivity contribution in [2.75, 3.05) is 18.4 Å². The number of anilines is 1. The van der Waals surface area contributed by atoms with E-state index < -0.39 is 0 Å². The molecule has 1 aromatic carbocycles. The van der Waals surface area contributed by atoms with Crippen LogP contribution in [-0.4, -0.2) is 24.0 Å². The fraction of sp³-hybridized carbons (Fsp3) is 0.462. The molecule has 0 aliphatic carbocycles. The van der Waals surface area contributed by atoms with Gasteiger partial charge < -0.3 is 10.2 Å². The van der Waals surface area contributed by atoms with E-state index in [0.717, 1.165) is 34.1 Å². The van der Waals surface area contributed by atoms with E-state index in [1.54, 1.807) is 0 Å². The van der Waals surface area contributed by atoms with Gasteiger partial charge in [-0.1, -0.05) is 22.9 Å². The third-order valence-electron chi connectivity index (χ3n) is 3.11. The highest BCUT2D eigenvalue weighted by Crippen LogP contribution is 2.27. The summed E-state index contributed by atoms with van der Waals surface area (Å²) in [6.07, 6.45) is 2.30. The first kappa shape index (κ1) is 13.9. The quantitative estimate of drug-likeness (QED) is 0.771. The average molecular weight is 376 g/mol. The summed E-state index contributed by atoms with van der Waals surface area (Å²) in [6.45, 7) is 3.88. The smallest absolute Gasteiger partial charge is 0.321 e. The van der Waals surface area contributed by atoms with Gasteiger partial charge in [0.2, 0.25) is 0 Å². The molecule has 2 amide bonds. The Labute approximate surface area is 124 Å². The summed E-state index contributed by atoms with van der Waals surface area (Å²) in [6, 6.07) is 5.73. The number of urea groups is 1. The van der Waals surface area contributed by atoms with E-state index >= 15 is 0 Å². The molecule has 1 N–H and O–H groups in total. The number of nitrogens with one attached hydrogen (secondary N) is 1. The maximum absolute atomic E-state index is 12.2. The molecule has 1 unspecified atom stereocenters. The molecule has 5 heteroatoms. The first-order valence-corrected chi connectivity index (χ1v) is 7.66. The molecule has 1 aliphatic rings. The van der Waals surface area contributed by atoms with Gasteiger partial charge in [0.05, 0.1) is 5.69 Å². The average Bonchev–Trinajstić information content (AvgIpc) is 2.34. The van der Waals surface area contributed by atoms with Gasteiger partial charge in [-0.3, -0.25) is 0 Å². The van der Waals surface area contributed by atoms with Gasteiger partial charge in [0.1, 0.15) is 0 Å². The van der Waals surface area contributed by atoms with Crippen LogP contribution in [0.1, 0.15) is 19.8 Å². The van der Waals surface area contributed by atoms with E-state index in [9.17, 15) is 4.79 Å². The Hall–Kier alpha value is -0.550. The summed E-state index contributed by atoms with van der Waals surface area (Å²) in [5, 5.41) is 2.95. The summed E-state index contributed by atoms with van der Waals surface area (Å²) in [5.41, 5.74) is 0.799. The van der Waals surface area contributed by atoms with Crippen LogP contribution in [0.25, 0.3) is 0 Å². The third kappa shape index (κ3) is 3.48. The zero-order valence-electron chi connectivity index (χ0n) is 10.2. The normalized spacial score (nSPS) is 19.7. The molecule has 0 radical (unpaired) electrons. The summed E-state index contributed by atoms with van der Waals surface area (Å²) in [4.78, 5) is 14.0. The van der Waals surface area contributed by atoms with Crippen molar-refractivity contribution in [1.29, 1.82) is 0 Å². The highest BCUT2D eigenvalue weighted by Gasteiger charge is 2.21. The fourth-order valence-corrected chi connectivity index (χ4v) is 2.87. The highest BCUT2D eigenvalue weighted by molar-refractivity contribution is 9.11. The van der Waals surface area contributed by atoms with Gasteiger partial charge in [0, 0.05) is 22.0 Å². The molecule has 1 saturated heterocycles. The van der Waals surface area contributed by atoms with Crippen molar-refractivity contribution in [3.63, 3.8) is 0 Å². The van der Waals surface area contributed by atoms with E-state index in [1.807, 2.05) is 23.1 Å². The lowest BCUT2D eigenvalue weighted by Gasteiger charge is -2.31. The lowest BCUT2D eigenvalue weighted by Crippen LogP contribution is -2.41. The molecule has 1 fully saturated rings. The Morgan fingerprint density at radius 1 is 1.44 bits per heavy atom. The molecule has 1 aromatic rings. The third-order valence-corrected chi connectivity index (χ3v) is 4.30. The van der Waals surface area contributed by atoms with Crippen molar-refractivity contribution in [1.82, 2.24) is 4.90 Å². The van der Waals surface area contributed by atoms with E-state index in [1.165, 1.54) is 6.42 Å². The van der Waals surface area contributed by atoms with E-state index in [4.69, 9.17) is 0 Å². The minimum atomic E-state index is -0.0136. The van der Waals surface area contributed by atoms with Crippen LogP contribution in [0.15, 0.2) is 27.1 Å². The van der Waals surface area contributed by atoms with Gasteiger partial charge in [-0.25, -0.2) is 4.79 Å². The maximum atomic E-state index is 12.2. The first-order chi connectivity index (χ1) is 8.56. The number of hydrogen-bond donors (Lipinski definition) is 1. The van der Waals surface area contributed by atoms with Gasteiger partial charge in [-0.05, 0) is 52.9 Å². The Morgan fingerprint density at radius 2 is 2.22 bits per heavy atom. The summed E-state index contributed by atoms with van der Waals surface area (Å²) in [7, 11) is 0. The lowest BCUT2D eigenvalue weighted by molar-refractivity contribution is 0.182. The topological polar surface area (TPSA) is 32.3 Å². The molecule has 1 aliphatic heterocycles. The van der Waals surface area contributed by atoms with Crippen molar-refractivity contribution >= 4 is 43.6 Å². The van der Waals surface area contributed by atoms with Gasteiger partial charge in [0.15, 0.2) is 0 Å². The Balaban J connectivity index is 2.04. The Morgan fingerprint density at radius 3 is 2.94 bits per heavy atom. The second-order valence-corrected chi connectivity index (χ2v) is 6.52. The number of benzene rings is 1. The van der Waals surface area contributed by atoms with Crippen LogP contribution in [0, 0.1) is 5.92 Å². The molecule has 18 heavy (non-hydrogen) atoms. The van der Waals surface area contributed by atoms with Crippen LogP contribution in [0.2, 0.25) is 0 Å². The highest BCUT2D eigenvalue weighted by atomic mass is 79.9. The molecular formula is C13H16Br2N2O. The fourth-order valence-electron chi connectivity index (χ4n) is 2.16. The standard InChI is InChI=1S/C13H16Br2N2O/c1-9-3-2-6-17(8-9)13(18)16-12-7-10(14)4-5-11(12)15/h4-5,7,9H,2-3,6,8H2,1H3,(H,16,18). The minimum absolute atomic E-state index is 0.0136. The lowest BCUT2D eigenvalue weighted by atomic mass is 10.0. The summed E-state index contributed by atoms with van der Waals surface area (Å²) in [5.74, 6) is 0.593. The molecule has 0 aromatic heterocycles. The molecule has 1 atom stereocenters. The Kier molecular flexibility index (Phi) is 4.67. The number of carbonyl (C=O) groups excluding carboxylic acids is 1. The molecule has 2 rings (SSSR count).